The summed E-state index contributed by atoms with van der Waals surface area (Å²) in [6.07, 6.45) is 2.51. The summed E-state index contributed by atoms with van der Waals surface area (Å²) in [5, 5.41) is 3.46. The van der Waals surface area contributed by atoms with Gasteiger partial charge in [0.1, 0.15) is 0 Å². The summed E-state index contributed by atoms with van der Waals surface area (Å²) in [6.45, 7) is 6.82. The lowest BCUT2D eigenvalue weighted by Gasteiger charge is -2.28. The number of hydrogen-bond donors (Lipinski definition) is 1. The lowest BCUT2D eigenvalue weighted by atomic mass is 10.1. The van der Waals surface area contributed by atoms with Crippen LogP contribution >= 0.6 is 28.3 Å². The van der Waals surface area contributed by atoms with Crippen LogP contribution in [0.15, 0.2) is 28.7 Å². The Bertz CT molecular complexity index is 353. The highest BCUT2D eigenvalue weighted by atomic mass is 79.9. The molecule has 1 aliphatic rings. The van der Waals surface area contributed by atoms with E-state index in [-0.39, 0.29) is 12.4 Å². The topological polar surface area (TPSA) is 15.3 Å². The van der Waals surface area contributed by atoms with Gasteiger partial charge in [-0.3, -0.25) is 4.90 Å². The predicted molar refractivity (Wildman–Crippen MR) is 83.4 cm³/mol. The molecule has 1 fully saturated rings. The fourth-order valence-electron chi connectivity index (χ4n) is 2.47. The van der Waals surface area contributed by atoms with Crippen molar-refractivity contribution in [2.75, 3.05) is 19.6 Å². The van der Waals surface area contributed by atoms with Crippen molar-refractivity contribution in [1.29, 1.82) is 0 Å². The van der Waals surface area contributed by atoms with Gasteiger partial charge in [-0.25, -0.2) is 0 Å². The molecule has 4 heteroatoms. The Kier molecular flexibility index (Phi) is 7.23. The highest BCUT2D eigenvalue weighted by Crippen LogP contribution is 2.20. The molecule has 1 N–H and O–H groups in total. The second kappa shape index (κ2) is 8.16. The second-order valence-corrected chi connectivity index (χ2v) is 5.56. The Hall–Kier alpha value is -0.0900. The second-order valence-electron chi connectivity index (χ2n) is 4.71. The molecule has 1 saturated heterocycles. The number of halogens is 2. The summed E-state index contributed by atoms with van der Waals surface area (Å²) in [5.74, 6) is 0. The zero-order chi connectivity index (χ0) is 12.1. The van der Waals surface area contributed by atoms with Crippen molar-refractivity contribution >= 4 is 28.3 Å². The summed E-state index contributed by atoms with van der Waals surface area (Å²) < 4.78 is 1.23. The van der Waals surface area contributed by atoms with Crippen molar-refractivity contribution in [3.8, 4) is 0 Å². The van der Waals surface area contributed by atoms with Crippen LogP contribution < -0.4 is 5.32 Å². The molecule has 18 heavy (non-hydrogen) atoms. The lowest BCUT2D eigenvalue weighted by Crippen LogP contribution is -2.37. The van der Waals surface area contributed by atoms with E-state index in [1.54, 1.807) is 0 Å². The third kappa shape index (κ3) is 4.23. The van der Waals surface area contributed by atoms with Crippen LogP contribution in [0.25, 0.3) is 0 Å². The Morgan fingerprint density at radius 1 is 1.39 bits per heavy atom. The van der Waals surface area contributed by atoms with Gasteiger partial charge >= 0.3 is 0 Å². The van der Waals surface area contributed by atoms with Gasteiger partial charge in [0.15, 0.2) is 0 Å². The van der Waals surface area contributed by atoms with E-state index >= 15 is 0 Å². The van der Waals surface area contributed by atoms with Gasteiger partial charge in [-0.1, -0.05) is 41.1 Å². The largest absolute Gasteiger partial charge is 0.315 e. The van der Waals surface area contributed by atoms with Gasteiger partial charge in [-0.2, -0.15) is 0 Å². The maximum Gasteiger partial charge on any atom is 0.0248 e. The molecule has 0 aromatic heterocycles. The van der Waals surface area contributed by atoms with Crippen molar-refractivity contribution in [1.82, 2.24) is 10.2 Å². The molecule has 0 radical (unpaired) electrons. The quantitative estimate of drug-likeness (QED) is 0.888. The molecule has 0 bridgehead atoms. The molecule has 0 saturated carbocycles. The molecule has 1 unspecified atom stereocenters. The molecular formula is C14H22BrClN2. The minimum atomic E-state index is 0. The van der Waals surface area contributed by atoms with E-state index in [0.29, 0.717) is 6.04 Å². The van der Waals surface area contributed by atoms with E-state index in [2.05, 4.69) is 57.3 Å². The first kappa shape index (κ1) is 16.0. The monoisotopic (exact) mass is 332 g/mol. The van der Waals surface area contributed by atoms with E-state index in [4.69, 9.17) is 0 Å². The first-order valence-electron chi connectivity index (χ1n) is 6.49. The van der Waals surface area contributed by atoms with Crippen molar-refractivity contribution in [2.24, 2.45) is 0 Å². The van der Waals surface area contributed by atoms with Gasteiger partial charge in [0.05, 0.1) is 0 Å². The van der Waals surface area contributed by atoms with Gasteiger partial charge < -0.3 is 5.32 Å². The number of nitrogens with one attached hydrogen (secondary N) is 1. The zero-order valence-electron chi connectivity index (χ0n) is 10.9. The molecule has 1 atom stereocenters. The standard InChI is InChI=1S/C14H21BrN2.ClH/c1-2-9-17(13-7-8-16-10-13)11-12-5-3-4-6-14(12)15;/h3-6,13,16H,2,7-11H2,1H3;1H. The fraction of sp³-hybridized carbons (Fsp3) is 0.571. The minimum absolute atomic E-state index is 0. The molecule has 1 aliphatic heterocycles. The van der Waals surface area contributed by atoms with E-state index in [1.165, 1.54) is 36.0 Å². The molecule has 0 spiro atoms. The van der Waals surface area contributed by atoms with Crippen molar-refractivity contribution in [3.05, 3.63) is 34.3 Å². The Labute approximate surface area is 125 Å². The van der Waals surface area contributed by atoms with Crippen LogP contribution in [0.3, 0.4) is 0 Å². The van der Waals surface area contributed by atoms with E-state index in [9.17, 15) is 0 Å². The average Bonchev–Trinajstić information content (AvgIpc) is 2.85. The molecule has 102 valence electrons. The van der Waals surface area contributed by atoms with Crippen molar-refractivity contribution < 1.29 is 0 Å². The third-order valence-corrected chi connectivity index (χ3v) is 4.17. The first-order valence-corrected chi connectivity index (χ1v) is 7.28. The smallest absolute Gasteiger partial charge is 0.0248 e. The van der Waals surface area contributed by atoms with Crippen LogP contribution in [0.2, 0.25) is 0 Å². The molecule has 1 heterocycles. The maximum absolute atomic E-state index is 3.64. The molecule has 2 rings (SSSR count). The van der Waals surface area contributed by atoms with E-state index in [1.807, 2.05) is 0 Å². The van der Waals surface area contributed by atoms with Crippen LogP contribution in [0.1, 0.15) is 25.3 Å². The minimum Gasteiger partial charge on any atom is -0.315 e. The van der Waals surface area contributed by atoms with Crippen LogP contribution in [-0.4, -0.2) is 30.6 Å². The van der Waals surface area contributed by atoms with E-state index in [0.717, 1.165) is 13.1 Å². The zero-order valence-corrected chi connectivity index (χ0v) is 13.3. The number of hydrogen-bond acceptors (Lipinski definition) is 2. The molecule has 0 aliphatic carbocycles. The van der Waals surface area contributed by atoms with Gasteiger partial charge in [-0.15, -0.1) is 12.4 Å². The summed E-state index contributed by atoms with van der Waals surface area (Å²) in [5.41, 5.74) is 1.40. The number of rotatable bonds is 5. The Balaban J connectivity index is 0.00000162. The first-order chi connectivity index (χ1) is 8.31. The van der Waals surface area contributed by atoms with E-state index < -0.39 is 0 Å². The summed E-state index contributed by atoms with van der Waals surface area (Å²) in [6, 6.07) is 9.26. The predicted octanol–water partition coefficient (Wildman–Crippen LogP) is 3.44. The fourth-order valence-corrected chi connectivity index (χ4v) is 2.88. The molecule has 2 nitrogen and oxygen atoms in total. The summed E-state index contributed by atoms with van der Waals surface area (Å²) >= 11 is 3.64. The van der Waals surface area contributed by atoms with Gasteiger partial charge in [0.2, 0.25) is 0 Å². The Morgan fingerprint density at radius 3 is 2.78 bits per heavy atom. The highest BCUT2D eigenvalue weighted by Gasteiger charge is 2.21. The average molecular weight is 334 g/mol. The third-order valence-electron chi connectivity index (χ3n) is 3.39. The molecule has 0 amide bonds. The SMILES string of the molecule is CCCN(Cc1ccccc1Br)C1CCNC1.Cl. The van der Waals surface area contributed by atoms with Crippen LogP contribution in [0.5, 0.6) is 0 Å². The normalized spacial score (nSPS) is 18.9. The van der Waals surface area contributed by atoms with Gasteiger partial charge in [0, 0.05) is 23.6 Å². The lowest BCUT2D eigenvalue weighted by molar-refractivity contribution is 0.199. The van der Waals surface area contributed by atoms with Gasteiger partial charge in [0.25, 0.3) is 0 Å². The van der Waals surface area contributed by atoms with Crippen LogP contribution in [0.4, 0.5) is 0 Å². The maximum atomic E-state index is 3.64. The molecule has 1 aromatic rings. The van der Waals surface area contributed by atoms with Gasteiger partial charge in [-0.05, 0) is 37.6 Å². The van der Waals surface area contributed by atoms with Crippen LogP contribution in [0, 0.1) is 0 Å². The summed E-state index contributed by atoms with van der Waals surface area (Å²) in [7, 11) is 0. The molecular weight excluding hydrogens is 312 g/mol. The number of nitrogens with zero attached hydrogens (tertiary/aromatic N) is 1. The highest BCUT2D eigenvalue weighted by molar-refractivity contribution is 9.10. The Morgan fingerprint density at radius 2 is 2.17 bits per heavy atom. The summed E-state index contributed by atoms with van der Waals surface area (Å²) in [4.78, 5) is 2.61. The van der Waals surface area contributed by atoms with Crippen molar-refractivity contribution in [2.45, 2.75) is 32.4 Å². The van der Waals surface area contributed by atoms with Crippen molar-refractivity contribution in [3.63, 3.8) is 0 Å². The number of benzene rings is 1. The van der Waals surface area contributed by atoms with Crippen LogP contribution in [-0.2, 0) is 6.54 Å². The molecule has 1 aromatic carbocycles.